The second-order valence-electron chi connectivity index (χ2n) is 6.34. The average Bonchev–Trinajstić information content (AvgIpc) is 2.64. The molecule has 1 aromatic heterocycles. The molecule has 0 radical (unpaired) electrons. The fourth-order valence-electron chi connectivity index (χ4n) is 2.82. The van der Waals surface area contributed by atoms with E-state index in [4.69, 9.17) is 11.6 Å². The molecule has 1 aliphatic rings. The predicted octanol–water partition coefficient (Wildman–Crippen LogP) is 3.86. The molecule has 1 aliphatic heterocycles. The maximum Gasteiger partial charge on any atom is 0.272 e. The minimum atomic E-state index is -0.322. The Kier molecular flexibility index (Phi) is 5.34. The summed E-state index contributed by atoms with van der Waals surface area (Å²) < 4.78 is 0. The zero-order valence-corrected chi connectivity index (χ0v) is 14.8. The minimum absolute atomic E-state index is 0.126. The van der Waals surface area contributed by atoms with Crippen LogP contribution in [0.4, 0.5) is 5.69 Å². The number of halogens is 1. The van der Waals surface area contributed by atoms with Gasteiger partial charge in [0.2, 0.25) is 0 Å². The first-order valence-electron chi connectivity index (χ1n) is 8.36. The van der Waals surface area contributed by atoms with Crippen molar-refractivity contribution in [3.05, 3.63) is 58.9 Å². The molecule has 2 heterocycles. The third-order valence-electron chi connectivity index (χ3n) is 4.43. The summed E-state index contributed by atoms with van der Waals surface area (Å²) in [6.07, 6.45) is 3.48. The monoisotopic (exact) mass is 357 g/mol. The van der Waals surface area contributed by atoms with Gasteiger partial charge < -0.3 is 10.2 Å². The highest BCUT2D eigenvalue weighted by atomic mass is 35.5. The molecular formula is C19H20ClN3O2. The summed E-state index contributed by atoms with van der Waals surface area (Å²) in [5, 5.41) is 3.22. The highest BCUT2D eigenvalue weighted by molar-refractivity contribution is 6.33. The van der Waals surface area contributed by atoms with Crippen LogP contribution in [0.2, 0.25) is 5.02 Å². The van der Waals surface area contributed by atoms with Gasteiger partial charge in [-0.25, -0.2) is 0 Å². The SMILES string of the molecule is CC1CCN(C(=O)c2cc(C(=O)Nc3ccccc3Cl)ccn2)CC1. The normalized spacial score (nSPS) is 15.0. The molecule has 0 atom stereocenters. The van der Waals surface area contributed by atoms with Gasteiger partial charge in [0.15, 0.2) is 0 Å². The van der Waals surface area contributed by atoms with E-state index in [0.29, 0.717) is 27.9 Å². The summed E-state index contributed by atoms with van der Waals surface area (Å²) in [5.74, 6) is 0.195. The second-order valence-corrected chi connectivity index (χ2v) is 6.75. The topological polar surface area (TPSA) is 62.3 Å². The molecule has 0 spiro atoms. The van der Waals surface area contributed by atoms with E-state index in [1.54, 1.807) is 35.2 Å². The summed E-state index contributed by atoms with van der Waals surface area (Å²) in [6.45, 7) is 3.66. The highest BCUT2D eigenvalue weighted by Crippen LogP contribution is 2.22. The van der Waals surface area contributed by atoms with Crippen LogP contribution in [0.25, 0.3) is 0 Å². The zero-order valence-electron chi connectivity index (χ0n) is 14.0. The van der Waals surface area contributed by atoms with E-state index >= 15 is 0 Å². The average molecular weight is 358 g/mol. The molecule has 2 amide bonds. The van der Waals surface area contributed by atoms with E-state index in [1.165, 1.54) is 12.3 Å². The lowest BCUT2D eigenvalue weighted by Gasteiger charge is -2.30. The maximum absolute atomic E-state index is 12.6. The van der Waals surface area contributed by atoms with Crippen molar-refractivity contribution in [2.75, 3.05) is 18.4 Å². The van der Waals surface area contributed by atoms with Gasteiger partial charge in [-0.3, -0.25) is 14.6 Å². The molecule has 130 valence electrons. The molecule has 25 heavy (non-hydrogen) atoms. The molecule has 1 aromatic carbocycles. The zero-order chi connectivity index (χ0) is 17.8. The molecule has 1 saturated heterocycles. The van der Waals surface area contributed by atoms with Crippen LogP contribution in [0.1, 0.15) is 40.6 Å². The quantitative estimate of drug-likeness (QED) is 0.907. The fourth-order valence-corrected chi connectivity index (χ4v) is 3.00. The number of aromatic nitrogens is 1. The molecule has 1 fully saturated rings. The standard InChI is InChI=1S/C19H20ClN3O2/c1-13-7-10-23(11-8-13)19(25)17-12-14(6-9-21-17)18(24)22-16-5-3-2-4-15(16)20/h2-6,9,12-13H,7-8,10-11H2,1H3,(H,22,24). The van der Waals surface area contributed by atoms with Crippen LogP contribution in [0.5, 0.6) is 0 Å². The molecular weight excluding hydrogens is 338 g/mol. The maximum atomic E-state index is 12.6. The van der Waals surface area contributed by atoms with Gasteiger partial charge in [0, 0.05) is 24.8 Å². The molecule has 2 aromatic rings. The lowest BCUT2D eigenvalue weighted by molar-refractivity contribution is 0.0691. The van der Waals surface area contributed by atoms with Crippen LogP contribution in [-0.2, 0) is 0 Å². The predicted molar refractivity (Wildman–Crippen MR) is 97.9 cm³/mol. The number of hydrogen-bond donors (Lipinski definition) is 1. The third kappa shape index (κ3) is 4.17. The fraction of sp³-hybridized carbons (Fsp3) is 0.316. The van der Waals surface area contributed by atoms with Gasteiger partial charge in [0.1, 0.15) is 5.69 Å². The highest BCUT2D eigenvalue weighted by Gasteiger charge is 2.23. The summed E-state index contributed by atoms with van der Waals surface area (Å²) in [5.41, 5.74) is 1.20. The number of likely N-dealkylation sites (tertiary alicyclic amines) is 1. The number of carbonyl (C=O) groups excluding carboxylic acids is 2. The van der Waals surface area contributed by atoms with Crippen LogP contribution in [0.3, 0.4) is 0 Å². The summed E-state index contributed by atoms with van der Waals surface area (Å²) in [7, 11) is 0. The van der Waals surface area contributed by atoms with E-state index in [1.807, 2.05) is 0 Å². The Morgan fingerprint density at radius 3 is 2.64 bits per heavy atom. The Morgan fingerprint density at radius 2 is 1.92 bits per heavy atom. The Labute approximate surface area is 152 Å². The van der Waals surface area contributed by atoms with Crippen molar-refractivity contribution >= 4 is 29.1 Å². The summed E-state index contributed by atoms with van der Waals surface area (Å²) in [4.78, 5) is 31.0. The number of carbonyl (C=O) groups is 2. The van der Waals surface area contributed by atoms with Crippen molar-refractivity contribution in [2.24, 2.45) is 5.92 Å². The first kappa shape index (κ1) is 17.4. The Bertz CT molecular complexity index is 786. The van der Waals surface area contributed by atoms with E-state index < -0.39 is 0 Å². The molecule has 0 bridgehead atoms. The van der Waals surface area contributed by atoms with Crippen LogP contribution >= 0.6 is 11.6 Å². The molecule has 0 saturated carbocycles. The van der Waals surface area contributed by atoms with Gasteiger partial charge in [-0.1, -0.05) is 30.7 Å². The lowest BCUT2D eigenvalue weighted by atomic mass is 9.99. The Balaban J connectivity index is 1.73. The minimum Gasteiger partial charge on any atom is -0.337 e. The number of pyridine rings is 1. The first-order chi connectivity index (χ1) is 12.0. The number of rotatable bonds is 3. The number of piperidine rings is 1. The number of anilines is 1. The van der Waals surface area contributed by atoms with Gasteiger partial charge in [-0.2, -0.15) is 0 Å². The third-order valence-corrected chi connectivity index (χ3v) is 4.76. The number of benzene rings is 1. The van der Waals surface area contributed by atoms with Crippen molar-refractivity contribution in [3.8, 4) is 0 Å². The van der Waals surface area contributed by atoms with Crippen LogP contribution in [-0.4, -0.2) is 34.8 Å². The van der Waals surface area contributed by atoms with Crippen LogP contribution in [0, 0.1) is 5.92 Å². The largest absolute Gasteiger partial charge is 0.337 e. The van der Waals surface area contributed by atoms with Crippen molar-refractivity contribution in [1.82, 2.24) is 9.88 Å². The van der Waals surface area contributed by atoms with Crippen molar-refractivity contribution in [3.63, 3.8) is 0 Å². The number of nitrogens with zero attached hydrogens (tertiary/aromatic N) is 2. The summed E-state index contributed by atoms with van der Waals surface area (Å²) in [6, 6.07) is 10.1. The van der Waals surface area contributed by atoms with Crippen LogP contribution in [0.15, 0.2) is 42.6 Å². The van der Waals surface area contributed by atoms with E-state index in [2.05, 4.69) is 17.2 Å². The second kappa shape index (κ2) is 7.66. The van der Waals surface area contributed by atoms with Gasteiger partial charge in [-0.05, 0) is 43.0 Å². The van der Waals surface area contributed by atoms with Crippen LogP contribution < -0.4 is 5.32 Å². The number of para-hydroxylation sites is 1. The first-order valence-corrected chi connectivity index (χ1v) is 8.73. The molecule has 3 rings (SSSR count). The summed E-state index contributed by atoms with van der Waals surface area (Å²) >= 11 is 6.06. The molecule has 0 aliphatic carbocycles. The number of amides is 2. The number of nitrogens with one attached hydrogen (secondary N) is 1. The van der Waals surface area contributed by atoms with Gasteiger partial charge in [-0.15, -0.1) is 0 Å². The van der Waals surface area contributed by atoms with Crippen molar-refractivity contribution < 1.29 is 9.59 Å². The number of hydrogen-bond acceptors (Lipinski definition) is 3. The molecule has 6 heteroatoms. The van der Waals surface area contributed by atoms with E-state index in [0.717, 1.165) is 25.9 Å². The Morgan fingerprint density at radius 1 is 1.20 bits per heavy atom. The molecule has 1 N–H and O–H groups in total. The van der Waals surface area contributed by atoms with Gasteiger partial charge in [0.25, 0.3) is 11.8 Å². The molecule has 0 unspecified atom stereocenters. The van der Waals surface area contributed by atoms with Crippen molar-refractivity contribution in [1.29, 1.82) is 0 Å². The Hall–Kier alpha value is -2.40. The molecule has 5 nitrogen and oxygen atoms in total. The smallest absolute Gasteiger partial charge is 0.272 e. The van der Waals surface area contributed by atoms with E-state index in [9.17, 15) is 9.59 Å². The van der Waals surface area contributed by atoms with Gasteiger partial charge in [0.05, 0.1) is 10.7 Å². The lowest BCUT2D eigenvalue weighted by Crippen LogP contribution is -2.38. The van der Waals surface area contributed by atoms with Crippen molar-refractivity contribution in [2.45, 2.75) is 19.8 Å². The van der Waals surface area contributed by atoms with E-state index in [-0.39, 0.29) is 11.8 Å². The van der Waals surface area contributed by atoms with Gasteiger partial charge >= 0.3 is 0 Å².